The van der Waals surface area contributed by atoms with E-state index in [1.165, 1.54) is 6.07 Å². The van der Waals surface area contributed by atoms with Crippen LogP contribution in [0.3, 0.4) is 0 Å². The second-order valence-corrected chi connectivity index (χ2v) is 10.00. The summed E-state index contributed by atoms with van der Waals surface area (Å²) in [6, 6.07) is 15.7. The summed E-state index contributed by atoms with van der Waals surface area (Å²) in [4.78, 5) is 4.70. The molecule has 1 unspecified atom stereocenters. The maximum absolute atomic E-state index is 14.6. The van der Waals surface area contributed by atoms with Crippen molar-refractivity contribution in [3.63, 3.8) is 0 Å². The molecule has 0 amide bonds. The van der Waals surface area contributed by atoms with Crippen molar-refractivity contribution in [1.82, 2.24) is 0 Å². The molecule has 27 heavy (non-hydrogen) atoms. The number of sulfone groups is 1. The first kappa shape index (κ1) is 19.7. The van der Waals surface area contributed by atoms with Gasteiger partial charge in [0.25, 0.3) is 0 Å². The SMILES string of the molecule is CC1=NC(COCc2ccccc2)(c2ccccc2F)CS(=O)(=O)C1(C)C. The fraction of sp³-hybridized carbons (Fsp3) is 0.381. The van der Waals surface area contributed by atoms with Crippen LogP contribution in [0.2, 0.25) is 0 Å². The Morgan fingerprint density at radius 3 is 2.33 bits per heavy atom. The van der Waals surface area contributed by atoms with Gasteiger partial charge in [-0.3, -0.25) is 4.99 Å². The smallest absolute Gasteiger partial charge is 0.163 e. The fourth-order valence-electron chi connectivity index (χ4n) is 3.25. The molecule has 0 N–H and O–H groups in total. The molecule has 1 atom stereocenters. The third kappa shape index (κ3) is 3.69. The molecule has 0 aromatic heterocycles. The van der Waals surface area contributed by atoms with Gasteiger partial charge in [0.2, 0.25) is 0 Å². The number of hydrogen-bond donors (Lipinski definition) is 0. The summed E-state index contributed by atoms with van der Waals surface area (Å²) in [5, 5.41) is 0. The Morgan fingerprint density at radius 1 is 1.07 bits per heavy atom. The molecule has 0 radical (unpaired) electrons. The molecule has 0 bridgehead atoms. The van der Waals surface area contributed by atoms with Crippen LogP contribution in [0.15, 0.2) is 59.6 Å². The zero-order valence-corrected chi connectivity index (χ0v) is 16.6. The fourth-order valence-corrected chi connectivity index (χ4v) is 5.04. The van der Waals surface area contributed by atoms with Gasteiger partial charge in [0.15, 0.2) is 9.84 Å². The van der Waals surface area contributed by atoms with E-state index in [1.807, 2.05) is 30.3 Å². The molecule has 144 valence electrons. The van der Waals surface area contributed by atoms with E-state index in [1.54, 1.807) is 39.0 Å². The van der Waals surface area contributed by atoms with E-state index in [9.17, 15) is 12.8 Å². The molecule has 4 nitrogen and oxygen atoms in total. The average molecular weight is 389 g/mol. The van der Waals surface area contributed by atoms with Crippen molar-refractivity contribution in [3.8, 4) is 0 Å². The van der Waals surface area contributed by atoms with E-state index < -0.39 is 25.9 Å². The Bertz CT molecular complexity index is 954. The maximum atomic E-state index is 14.6. The second kappa shape index (κ2) is 7.17. The molecule has 1 aliphatic rings. The van der Waals surface area contributed by atoms with Gasteiger partial charge < -0.3 is 4.74 Å². The van der Waals surface area contributed by atoms with Crippen LogP contribution in [-0.2, 0) is 26.7 Å². The number of benzene rings is 2. The van der Waals surface area contributed by atoms with E-state index >= 15 is 0 Å². The van der Waals surface area contributed by atoms with Gasteiger partial charge >= 0.3 is 0 Å². The summed E-state index contributed by atoms with van der Waals surface area (Å²) in [6.45, 7) is 5.24. The van der Waals surface area contributed by atoms with Crippen LogP contribution >= 0.6 is 0 Å². The van der Waals surface area contributed by atoms with E-state index in [4.69, 9.17) is 9.73 Å². The van der Waals surface area contributed by atoms with Crippen LogP contribution in [0.4, 0.5) is 4.39 Å². The molecule has 0 saturated carbocycles. The van der Waals surface area contributed by atoms with Crippen LogP contribution < -0.4 is 0 Å². The molecule has 0 spiro atoms. The average Bonchev–Trinajstić information content (AvgIpc) is 2.61. The molecule has 1 heterocycles. The van der Waals surface area contributed by atoms with Crippen molar-refractivity contribution < 1.29 is 17.5 Å². The Kier molecular flexibility index (Phi) is 5.23. The topological polar surface area (TPSA) is 55.7 Å². The van der Waals surface area contributed by atoms with Crippen LogP contribution in [0.25, 0.3) is 0 Å². The van der Waals surface area contributed by atoms with E-state index in [-0.39, 0.29) is 17.9 Å². The number of nitrogens with zero attached hydrogens (tertiary/aromatic N) is 1. The Hall–Kier alpha value is -2.05. The minimum atomic E-state index is -3.56. The van der Waals surface area contributed by atoms with Crippen LogP contribution in [0.5, 0.6) is 0 Å². The molecule has 2 aromatic rings. The summed E-state index contributed by atoms with van der Waals surface area (Å²) >= 11 is 0. The van der Waals surface area contributed by atoms with Crippen molar-refractivity contribution in [2.24, 2.45) is 4.99 Å². The zero-order chi connectivity index (χ0) is 19.7. The summed E-state index contributed by atoms with van der Waals surface area (Å²) in [5.74, 6) is -0.771. The number of rotatable bonds is 5. The Balaban J connectivity index is 2.01. The van der Waals surface area contributed by atoms with Crippen molar-refractivity contribution in [2.45, 2.75) is 37.7 Å². The predicted molar refractivity (Wildman–Crippen MR) is 105 cm³/mol. The zero-order valence-electron chi connectivity index (χ0n) is 15.8. The van der Waals surface area contributed by atoms with Gasteiger partial charge in [-0.15, -0.1) is 0 Å². The molecule has 6 heteroatoms. The third-order valence-electron chi connectivity index (χ3n) is 5.29. The first-order chi connectivity index (χ1) is 12.7. The van der Waals surface area contributed by atoms with Crippen LogP contribution in [0.1, 0.15) is 31.9 Å². The van der Waals surface area contributed by atoms with Crippen molar-refractivity contribution in [3.05, 3.63) is 71.5 Å². The maximum Gasteiger partial charge on any atom is 0.163 e. The van der Waals surface area contributed by atoms with E-state index in [0.29, 0.717) is 12.3 Å². The molecule has 0 fully saturated rings. The van der Waals surface area contributed by atoms with Gasteiger partial charge in [-0.25, -0.2) is 12.8 Å². The highest BCUT2D eigenvalue weighted by atomic mass is 32.2. The summed E-state index contributed by atoms with van der Waals surface area (Å²) in [7, 11) is -3.56. The monoisotopic (exact) mass is 389 g/mol. The van der Waals surface area contributed by atoms with Crippen molar-refractivity contribution >= 4 is 15.5 Å². The highest BCUT2D eigenvalue weighted by Gasteiger charge is 2.51. The molecule has 0 saturated heterocycles. The lowest BCUT2D eigenvalue weighted by Crippen LogP contribution is -2.53. The Labute approximate surface area is 160 Å². The van der Waals surface area contributed by atoms with Crippen molar-refractivity contribution in [2.75, 3.05) is 12.4 Å². The van der Waals surface area contributed by atoms with E-state index in [0.717, 1.165) is 5.56 Å². The number of ether oxygens (including phenoxy) is 1. The molecule has 2 aromatic carbocycles. The minimum absolute atomic E-state index is 0.0184. The summed E-state index contributed by atoms with van der Waals surface area (Å²) in [6.07, 6.45) is 0. The van der Waals surface area contributed by atoms with Gasteiger partial charge in [-0.05, 0) is 32.4 Å². The number of aliphatic imine (C=N–C) groups is 1. The molecule has 1 aliphatic heterocycles. The van der Waals surface area contributed by atoms with Crippen molar-refractivity contribution in [1.29, 1.82) is 0 Å². The molecule has 3 rings (SSSR count). The molecular weight excluding hydrogens is 365 g/mol. The van der Waals surface area contributed by atoms with Gasteiger partial charge in [-0.2, -0.15) is 0 Å². The standard InChI is InChI=1S/C21H24FNO3S/c1-16-20(2,3)27(24,25)15-21(23-16,18-11-7-8-12-19(18)22)14-26-13-17-9-5-4-6-10-17/h4-12H,13-15H2,1-3H3. The first-order valence-corrected chi connectivity index (χ1v) is 10.5. The summed E-state index contributed by atoms with van der Waals surface area (Å²) in [5.41, 5.74) is 0.371. The predicted octanol–water partition coefficient (Wildman–Crippen LogP) is 3.91. The number of hydrogen-bond acceptors (Lipinski definition) is 4. The lowest BCUT2D eigenvalue weighted by atomic mass is 9.91. The highest BCUT2D eigenvalue weighted by Crippen LogP contribution is 2.39. The van der Waals surface area contributed by atoms with Gasteiger partial charge in [0.05, 0.1) is 19.0 Å². The largest absolute Gasteiger partial charge is 0.374 e. The number of halogens is 1. The molecular formula is C21H24FNO3S. The van der Waals surface area contributed by atoms with E-state index in [2.05, 4.69) is 0 Å². The van der Waals surface area contributed by atoms with Gasteiger partial charge in [-0.1, -0.05) is 48.5 Å². The molecule has 0 aliphatic carbocycles. The Morgan fingerprint density at radius 2 is 1.70 bits per heavy atom. The quantitative estimate of drug-likeness (QED) is 0.779. The van der Waals surface area contributed by atoms with Crippen LogP contribution in [-0.4, -0.2) is 31.2 Å². The second-order valence-electron chi connectivity index (χ2n) is 7.46. The highest BCUT2D eigenvalue weighted by molar-refractivity contribution is 7.93. The van der Waals surface area contributed by atoms with Gasteiger partial charge in [0, 0.05) is 11.3 Å². The lowest BCUT2D eigenvalue weighted by Gasteiger charge is -2.40. The first-order valence-electron chi connectivity index (χ1n) is 8.84. The van der Waals surface area contributed by atoms with Gasteiger partial charge in [0.1, 0.15) is 16.1 Å². The minimum Gasteiger partial charge on any atom is -0.374 e. The lowest BCUT2D eigenvalue weighted by molar-refractivity contribution is 0.0782. The van der Waals surface area contributed by atoms with Crippen LogP contribution in [0, 0.1) is 5.82 Å². The summed E-state index contributed by atoms with van der Waals surface area (Å²) < 4.78 is 45.4. The third-order valence-corrected chi connectivity index (χ3v) is 7.99. The normalized spacial score (nSPS) is 23.6.